The van der Waals surface area contributed by atoms with Gasteiger partial charge < -0.3 is 0 Å². The predicted octanol–water partition coefficient (Wildman–Crippen LogP) is 0.976. The van der Waals surface area contributed by atoms with Gasteiger partial charge in [0.05, 0.1) is 19.0 Å². The molecular weight excluding hydrogens is 124 g/mol. The first-order valence-corrected chi connectivity index (χ1v) is 3.74. The monoisotopic (exact) mass is 141 g/mol. The molecule has 0 aliphatic carbocycles. The van der Waals surface area contributed by atoms with E-state index in [1.165, 1.54) is 5.71 Å². The lowest BCUT2D eigenvalue weighted by Crippen LogP contribution is -2.25. The molecule has 2 heteroatoms. The molecule has 0 aromatic heterocycles. The largest absolute Gasteiger partial charge is 0.188 e. The highest BCUT2D eigenvalue weighted by Crippen LogP contribution is 2.23. The van der Waals surface area contributed by atoms with E-state index in [1.54, 1.807) is 0 Å². The number of nitrogens with zero attached hydrogens (tertiary/aromatic N) is 2. The molecule has 2 nitrogen and oxygen atoms in total. The molecule has 1 rings (SSSR count). The Labute approximate surface area is 63.1 Å². The van der Waals surface area contributed by atoms with Gasteiger partial charge in [-0.05, 0) is 13.8 Å². The van der Waals surface area contributed by atoms with Crippen molar-refractivity contribution in [3.63, 3.8) is 0 Å². The average molecular weight is 141 g/mol. The fourth-order valence-corrected chi connectivity index (χ4v) is 1.49. The summed E-state index contributed by atoms with van der Waals surface area (Å²) in [6.07, 6.45) is 0. The number of hydrazone groups is 1. The highest BCUT2D eigenvalue weighted by Gasteiger charge is 2.38. The molecule has 10 heavy (non-hydrogen) atoms. The minimum atomic E-state index is 0.365. The van der Waals surface area contributed by atoms with Crippen molar-refractivity contribution in [2.75, 3.05) is 20.6 Å². The second kappa shape index (κ2) is 1.97. The molecule has 1 aliphatic heterocycles. The Bertz CT molecular complexity index is 180. The van der Waals surface area contributed by atoms with Gasteiger partial charge in [-0.3, -0.25) is 0 Å². The number of hydrazine groups is 1. The van der Waals surface area contributed by atoms with Crippen molar-refractivity contribution < 1.29 is 4.68 Å². The van der Waals surface area contributed by atoms with Gasteiger partial charge in [0.25, 0.3) is 0 Å². The van der Waals surface area contributed by atoms with E-state index in [0.717, 1.165) is 6.54 Å². The fraction of sp³-hybridized carbons (Fsp3) is 0.875. The Morgan fingerprint density at radius 2 is 2.00 bits per heavy atom. The van der Waals surface area contributed by atoms with Crippen molar-refractivity contribution in [3.05, 3.63) is 0 Å². The van der Waals surface area contributed by atoms with Crippen LogP contribution in [-0.4, -0.2) is 36.0 Å². The van der Waals surface area contributed by atoms with Crippen LogP contribution in [0.1, 0.15) is 20.8 Å². The van der Waals surface area contributed by atoms with Crippen molar-refractivity contribution in [2.45, 2.75) is 20.8 Å². The standard InChI is InChI=1S/C8H17N2/c1-7-8(2,3)6-9(4)10(7)5/h6H2,1-5H3/q+1. The summed E-state index contributed by atoms with van der Waals surface area (Å²) in [7, 11) is 4.24. The van der Waals surface area contributed by atoms with Crippen molar-refractivity contribution in [3.8, 4) is 0 Å². The summed E-state index contributed by atoms with van der Waals surface area (Å²) in [5, 5.41) is 2.25. The number of hydrogen-bond acceptors (Lipinski definition) is 1. The van der Waals surface area contributed by atoms with Crippen LogP contribution >= 0.6 is 0 Å². The molecule has 0 amide bonds. The summed E-state index contributed by atoms with van der Waals surface area (Å²) in [4.78, 5) is 0. The Balaban J connectivity index is 2.95. The summed E-state index contributed by atoms with van der Waals surface area (Å²) >= 11 is 0. The highest BCUT2D eigenvalue weighted by atomic mass is 15.6. The van der Waals surface area contributed by atoms with Crippen LogP contribution in [0.5, 0.6) is 0 Å². The van der Waals surface area contributed by atoms with Crippen LogP contribution in [0.25, 0.3) is 0 Å². The van der Waals surface area contributed by atoms with E-state index >= 15 is 0 Å². The van der Waals surface area contributed by atoms with Crippen LogP contribution in [0.2, 0.25) is 0 Å². The summed E-state index contributed by atoms with van der Waals surface area (Å²) in [5.74, 6) is 0. The van der Waals surface area contributed by atoms with Crippen LogP contribution in [0, 0.1) is 5.41 Å². The summed E-state index contributed by atoms with van der Waals surface area (Å²) in [6, 6.07) is 0. The maximum atomic E-state index is 2.28. The maximum Gasteiger partial charge on any atom is 0.186 e. The second-order valence-corrected chi connectivity index (χ2v) is 3.81. The highest BCUT2D eigenvalue weighted by molar-refractivity contribution is 5.83. The first kappa shape index (κ1) is 7.58. The molecule has 0 N–H and O–H groups in total. The van der Waals surface area contributed by atoms with Gasteiger partial charge in [-0.1, -0.05) is 0 Å². The topological polar surface area (TPSA) is 6.25 Å². The molecule has 0 unspecified atom stereocenters. The van der Waals surface area contributed by atoms with Crippen molar-refractivity contribution in [2.24, 2.45) is 5.41 Å². The lowest BCUT2D eigenvalue weighted by atomic mass is 9.89. The van der Waals surface area contributed by atoms with Gasteiger partial charge >= 0.3 is 0 Å². The van der Waals surface area contributed by atoms with E-state index in [1.807, 2.05) is 0 Å². The lowest BCUT2D eigenvalue weighted by molar-refractivity contribution is -0.652. The van der Waals surface area contributed by atoms with E-state index in [2.05, 4.69) is 44.6 Å². The molecule has 1 heterocycles. The first-order valence-electron chi connectivity index (χ1n) is 3.74. The third-order valence-corrected chi connectivity index (χ3v) is 2.60. The van der Waals surface area contributed by atoms with Gasteiger partial charge in [0.15, 0.2) is 12.8 Å². The molecule has 0 aromatic carbocycles. The summed E-state index contributed by atoms with van der Waals surface area (Å²) in [5.41, 5.74) is 1.82. The Morgan fingerprint density at radius 1 is 1.50 bits per heavy atom. The smallest absolute Gasteiger partial charge is 0.186 e. The Morgan fingerprint density at radius 3 is 2.10 bits per heavy atom. The summed E-state index contributed by atoms with van der Waals surface area (Å²) < 4.78 is 2.22. The second-order valence-electron chi connectivity index (χ2n) is 3.81. The molecule has 0 bridgehead atoms. The van der Waals surface area contributed by atoms with Gasteiger partial charge in [-0.15, -0.1) is 4.68 Å². The van der Waals surface area contributed by atoms with E-state index in [9.17, 15) is 0 Å². The molecule has 0 aromatic rings. The molecule has 0 spiro atoms. The minimum absolute atomic E-state index is 0.365. The van der Waals surface area contributed by atoms with Crippen LogP contribution in [0.15, 0.2) is 0 Å². The van der Waals surface area contributed by atoms with Crippen LogP contribution in [0.3, 0.4) is 0 Å². The normalized spacial score (nSPS) is 24.3. The number of rotatable bonds is 0. The van der Waals surface area contributed by atoms with Gasteiger partial charge in [-0.25, -0.2) is 0 Å². The quantitative estimate of drug-likeness (QED) is 0.456. The van der Waals surface area contributed by atoms with Crippen molar-refractivity contribution in [1.82, 2.24) is 5.01 Å². The van der Waals surface area contributed by atoms with Gasteiger partial charge in [-0.2, -0.15) is 5.01 Å². The van der Waals surface area contributed by atoms with Crippen LogP contribution < -0.4 is 0 Å². The van der Waals surface area contributed by atoms with E-state index in [-0.39, 0.29) is 0 Å². The molecule has 0 fully saturated rings. The van der Waals surface area contributed by atoms with Crippen molar-refractivity contribution >= 4 is 5.71 Å². The molecule has 0 radical (unpaired) electrons. The zero-order valence-electron chi connectivity index (χ0n) is 7.60. The van der Waals surface area contributed by atoms with E-state index in [4.69, 9.17) is 0 Å². The maximum absolute atomic E-state index is 2.28. The zero-order valence-corrected chi connectivity index (χ0v) is 7.60. The first-order chi connectivity index (χ1) is 4.45. The minimum Gasteiger partial charge on any atom is -0.188 e. The molecule has 0 atom stereocenters. The third-order valence-electron chi connectivity index (χ3n) is 2.60. The van der Waals surface area contributed by atoms with E-state index in [0.29, 0.717) is 5.41 Å². The van der Waals surface area contributed by atoms with Gasteiger partial charge in [0.2, 0.25) is 0 Å². The van der Waals surface area contributed by atoms with Crippen LogP contribution in [-0.2, 0) is 0 Å². The molecular formula is C8H17N2+. The molecule has 58 valence electrons. The van der Waals surface area contributed by atoms with Gasteiger partial charge in [0.1, 0.15) is 0 Å². The van der Waals surface area contributed by atoms with E-state index < -0.39 is 0 Å². The average Bonchev–Trinajstić information content (AvgIpc) is 1.95. The zero-order chi connectivity index (χ0) is 7.94. The predicted molar refractivity (Wildman–Crippen MR) is 43.3 cm³/mol. The lowest BCUT2D eigenvalue weighted by Gasteiger charge is -2.11. The van der Waals surface area contributed by atoms with Crippen molar-refractivity contribution in [1.29, 1.82) is 0 Å². The molecule has 0 saturated heterocycles. The fourth-order valence-electron chi connectivity index (χ4n) is 1.49. The number of hydrogen-bond donors (Lipinski definition) is 0. The molecule has 0 saturated carbocycles. The van der Waals surface area contributed by atoms with Gasteiger partial charge in [0, 0.05) is 6.92 Å². The summed E-state index contributed by atoms with van der Waals surface area (Å²) in [6.45, 7) is 7.89. The Kier molecular flexibility index (Phi) is 1.50. The third kappa shape index (κ3) is 0.917. The van der Waals surface area contributed by atoms with Crippen LogP contribution in [0.4, 0.5) is 0 Å². The molecule has 1 aliphatic rings. The Hall–Kier alpha value is -0.530. The SMILES string of the molecule is CC1=[N+](C)N(C)CC1(C)C.